The molecule has 2 N–H and O–H groups in total. The molecular weight excluding hydrogens is 319 g/mol. The molecule has 0 bridgehead atoms. The van der Waals surface area contributed by atoms with Gasteiger partial charge in [-0.2, -0.15) is 0 Å². The minimum absolute atomic E-state index is 0.0924. The van der Waals surface area contributed by atoms with E-state index in [9.17, 15) is 14.0 Å². The van der Waals surface area contributed by atoms with Crippen LogP contribution >= 0.6 is 0 Å². The molecule has 0 atom stereocenters. The van der Waals surface area contributed by atoms with Gasteiger partial charge in [0, 0.05) is 23.7 Å². The first kappa shape index (κ1) is 17.1. The van der Waals surface area contributed by atoms with Crippen molar-refractivity contribution in [3.63, 3.8) is 0 Å². The highest BCUT2D eigenvalue weighted by Gasteiger charge is 2.18. The molecule has 0 unspecified atom stereocenters. The lowest BCUT2D eigenvalue weighted by Gasteiger charge is -2.12. The second-order valence-corrected chi connectivity index (χ2v) is 6.34. The number of nitrogens with one attached hydrogen (secondary N) is 2. The van der Waals surface area contributed by atoms with Crippen LogP contribution in [0.4, 0.5) is 4.39 Å². The highest BCUT2D eigenvalue weighted by molar-refractivity contribution is 5.97. The van der Waals surface area contributed by atoms with Gasteiger partial charge in [0.05, 0.1) is 0 Å². The molecular formula is C20H21FN2O2. The lowest BCUT2D eigenvalue weighted by atomic mass is 10.1. The average Bonchev–Trinajstić information content (AvgIpc) is 3.14. The van der Waals surface area contributed by atoms with Crippen molar-refractivity contribution in [2.75, 3.05) is 0 Å². The highest BCUT2D eigenvalue weighted by atomic mass is 19.1. The third-order valence-electron chi connectivity index (χ3n) is 4.47. The van der Waals surface area contributed by atoms with Crippen LogP contribution < -0.4 is 10.6 Å². The largest absolute Gasteiger partial charge is 0.349 e. The van der Waals surface area contributed by atoms with Gasteiger partial charge < -0.3 is 10.6 Å². The number of hydrogen-bond donors (Lipinski definition) is 2. The Morgan fingerprint density at radius 1 is 0.880 bits per heavy atom. The molecule has 2 amide bonds. The molecule has 2 aromatic rings. The number of carbonyl (C=O) groups is 2. The molecule has 25 heavy (non-hydrogen) atoms. The number of rotatable bonds is 5. The number of benzene rings is 2. The van der Waals surface area contributed by atoms with E-state index >= 15 is 0 Å². The Bertz CT molecular complexity index is 735. The Morgan fingerprint density at radius 2 is 1.44 bits per heavy atom. The first-order valence-electron chi connectivity index (χ1n) is 8.55. The second-order valence-electron chi connectivity index (χ2n) is 6.34. The van der Waals surface area contributed by atoms with Gasteiger partial charge >= 0.3 is 0 Å². The molecule has 0 saturated heterocycles. The van der Waals surface area contributed by atoms with Crippen molar-refractivity contribution >= 4 is 11.8 Å². The fourth-order valence-corrected chi connectivity index (χ4v) is 3.00. The molecule has 2 aromatic carbocycles. The second kappa shape index (κ2) is 7.92. The van der Waals surface area contributed by atoms with Crippen LogP contribution in [0.25, 0.3) is 0 Å². The molecule has 0 spiro atoms. The van der Waals surface area contributed by atoms with Gasteiger partial charge in [-0.1, -0.05) is 25.0 Å². The summed E-state index contributed by atoms with van der Waals surface area (Å²) in [7, 11) is 0. The Balaban J connectivity index is 1.54. The molecule has 1 fully saturated rings. The zero-order chi connectivity index (χ0) is 17.6. The van der Waals surface area contributed by atoms with Crippen molar-refractivity contribution in [2.45, 2.75) is 38.3 Å². The van der Waals surface area contributed by atoms with Gasteiger partial charge in [0.25, 0.3) is 11.8 Å². The minimum Gasteiger partial charge on any atom is -0.349 e. The van der Waals surface area contributed by atoms with Gasteiger partial charge in [-0.3, -0.25) is 9.59 Å². The molecule has 3 rings (SSSR count). The molecule has 5 heteroatoms. The molecule has 0 heterocycles. The van der Waals surface area contributed by atoms with Gasteiger partial charge in [-0.05, 0) is 54.8 Å². The maximum Gasteiger partial charge on any atom is 0.251 e. The Morgan fingerprint density at radius 3 is 2.04 bits per heavy atom. The monoisotopic (exact) mass is 340 g/mol. The molecule has 0 radical (unpaired) electrons. The van der Waals surface area contributed by atoms with E-state index < -0.39 is 0 Å². The molecule has 1 aliphatic rings. The van der Waals surface area contributed by atoms with Gasteiger partial charge in [0.15, 0.2) is 0 Å². The van der Waals surface area contributed by atoms with Crippen molar-refractivity contribution in [1.82, 2.24) is 10.6 Å². The summed E-state index contributed by atoms with van der Waals surface area (Å²) in [6, 6.07) is 12.9. The van der Waals surface area contributed by atoms with Crippen LogP contribution in [0.1, 0.15) is 52.0 Å². The number of carbonyl (C=O) groups excluding carboxylic acids is 2. The molecule has 1 saturated carbocycles. The van der Waals surface area contributed by atoms with Gasteiger partial charge in [-0.15, -0.1) is 0 Å². The zero-order valence-electron chi connectivity index (χ0n) is 13.9. The van der Waals surface area contributed by atoms with E-state index in [1.807, 2.05) is 0 Å². The molecule has 130 valence electrons. The third kappa shape index (κ3) is 4.66. The quantitative estimate of drug-likeness (QED) is 0.876. The van der Waals surface area contributed by atoms with Gasteiger partial charge in [0.2, 0.25) is 0 Å². The summed E-state index contributed by atoms with van der Waals surface area (Å²) >= 11 is 0. The van der Waals surface area contributed by atoms with E-state index in [-0.39, 0.29) is 23.7 Å². The summed E-state index contributed by atoms with van der Waals surface area (Å²) in [5.74, 6) is -0.626. The van der Waals surface area contributed by atoms with Crippen LogP contribution in [0.15, 0.2) is 48.5 Å². The topological polar surface area (TPSA) is 58.2 Å². The average molecular weight is 340 g/mol. The number of hydrogen-bond acceptors (Lipinski definition) is 2. The van der Waals surface area contributed by atoms with Crippen LogP contribution in [0.3, 0.4) is 0 Å². The van der Waals surface area contributed by atoms with Gasteiger partial charge in [-0.25, -0.2) is 4.39 Å². The van der Waals surface area contributed by atoms with Crippen molar-refractivity contribution < 1.29 is 14.0 Å². The van der Waals surface area contributed by atoms with Crippen molar-refractivity contribution in [3.05, 3.63) is 71.0 Å². The summed E-state index contributed by atoms with van der Waals surface area (Å²) in [5, 5.41) is 5.81. The molecule has 0 aromatic heterocycles. The summed E-state index contributed by atoms with van der Waals surface area (Å²) in [6.45, 7) is 0.322. The summed E-state index contributed by atoms with van der Waals surface area (Å²) in [4.78, 5) is 24.3. The highest BCUT2D eigenvalue weighted by Crippen LogP contribution is 2.18. The maximum absolute atomic E-state index is 12.9. The SMILES string of the molecule is O=C(NCc1ccc(F)cc1)c1ccc(C(=O)NC2CCCC2)cc1. The standard InChI is InChI=1S/C20H21FN2O2/c21-17-11-5-14(6-12-17)13-22-19(24)15-7-9-16(10-8-15)20(25)23-18-3-1-2-4-18/h5-12,18H,1-4,13H2,(H,22,24)(H,23,25). The summed E-state index contributed by atoms with van der Waals surface area (Å²) in [5.41, 5.74) is 1.86. The number of amides is 2. The van der Waals surface area contributed by atoms with Crippen molar-refractivity contribution in [1.29, 1.82) is 0 Å². The Hall–Kier alpha value is -2.69. The molecule has 1 aliphatic carbocycles. The van der Waals surface area contributed by atoms with E-state index in [2.05, 4.69) is 10.6 Å². The minimum atomic E-state index is -0.304. The van der Waals surface area contributed by atoms with Crippen LogP contribution in [-0.4, -0.2) is 17.9 Å². The summed E-state index contributed by atoms with van der Waals surface area (Å²) < 4.78 is 12.9. The van der Waals surface area contributed by atoms with E-state index in [1.54, 1.807) is 36.4 Å². The fraction of sp³-hybridized carbons (Fsp3) is 0.300. The lowest BCUT2D eigenvalue weighted by Crippen LogP contribution is -2.32. The predicted octanol–water partition coefficient (Wildman–Crippen LogP) is 3.43. The van der Waals surface area contributed by atoms with Crippen LogP contribution in [0.2, 0.25) is 0 Å². The van der Waals surface area contributed by atoms with Crippen molar-refractivity contribution in [3.8, 4) is 0 Å². The normalized spacial score (nSPS) is 14.3. The Kier molecular flexibility index (Phi) is 5.43. The van der Waals surface area contributed by atoms with E-state index in [0.717, 1.165) is 31.2 Å². The van der Waals surface area contributed by atoms with E-state index in [4.69, 9.17) is 0 Å². The fourth-order valence-electron chi connectivity index (χ4n) is 3.00. The van der Waals surface area contributed by atoms with Crippen LogP contribution in [-0.2, 0) is 6.54 Å². The van der Waals surface area contributed by atoms with E-state index in [1.165, 1.54) is 12.1 Å². The molecule has 0 aliphatic heterocycles. The van der Waals surface area contributed by atoms with Crippen molar-refractivity contribution in [2.24, 2.45) is 0 Å². The first-order chi connectivity index (χ1) is 12.1. The number of halogens is 1. The van der Waals surface area contributed by atoms with Crippen LogP contribution in [0.5, 0.6) is 0 Å². The summed E-state index contributed by atoms with van der Waals surface area (Å²) in [6.07, 6.45) is 4.40. The predicted molar refractivity (Wildman–Crippen MR) is 93.7 cm³/mol. The third-order valence-corrected chi connectivity index (χ3v) is 4.47. The Labute approximate surface area is 146 Å². The lowest BCUT2D eigenvalue weighted by molar-refractivity contribution is 0.0930. The van der Waals surface area contributed by atoms with Gasteiger partial charge in [0.1, 0.15) is 5.82 Å². The smallest absolute Gasteiger partial charge is 0.251 e. The van der Waals surface area contributed by atoms with Crippen LogP contribution in [0, 0.1) is 5.82 Å². The zero-order valence-corrected chi connectivity index (χ0v) is 13.9. The molecule has 4 nitrogen and oxygen atoms in total. The maximum atomic E-state index is 12.9. The van der Waals surface area contributed by atoms with E-state index in [0.29, 0.717) is 17.7 Å². The first-order valence-corrected chi connectivity index (χ1v) is 8.55.